The summed E-state index contributed by atoms with van der Waals surface area (Å²) in [5.41, 5.74) is 0.323. The van der Waals surface area contributed by atoms with Gasteiger partial charge in [0.05, 0.1) is 17.6 Å². The molecule has 0 radical (unpaired) electrons. The van der Waals surface area contributed by atoms with Gasteiger partial charge in [-0.25, -0.2) is 5.10 Å². The number of H-pyrrole nitrogens is 1. The van der Waals surface area contributed by atoms with Crippen molar-refractivity contribution < 1.29 is 9.21 Å². The molecule has 0 bridgehead atoms. The molecule has 130 valence electrons. The molecule has 1 aliphatic heterocycles. The Hall–Kier alpha value is -2.15. The molecular weight excluding hydrogens is 308 g/mol. The smallest absolute Gasteiger partial charge is 0.277 e. The average molecular weight is 332 g/mol. The van der Waals surface area contributed by atoms with Crippen LogP contribution in [0.1, 0.15) is 43.6 Å². The number of nitrogens with zero attached hydrogens (tertiary/aromatic N) is 2. The standard InChI is InChI=1S/C17H24N4O3/c1-11-14-12(2)24-17(15(14)16(23)20-19-11)18-13(22)10-21-8-6-4-3-5-7-9-21/h3-10H2,1-2H3,(H,18,22)(H,20,23). The molecule has 7 nitrogen and oxygen atoms in total. The van der Waals surface area contributed by atoms with Crippen molar-refractivity contribution in [2.24, 2.45) is 0 Å². The number of fused-ring (bicyclic) bond motifs is 1. The summed E-state index contributed by atoms with van der Waals surface area (Å²) in [5.74, 6) is 0.647. The first-order chi connectivity index (χ1) is 11.6. The van der Waals surface area contributed by atoms with E-state index >= 15 is 0 Å². The fourth-order valence-corrected chi connectivity index (χ4v) is 3.37. The summed E-state index contributed by atoms with van der Waals surface area (Å²) in [6, 6.07) is 0. The molecule has 1 amide bonds. The topological polar surface area (TPSA) is 91.2 Å². The first-order valence-electron chi connectivity index (χ1n) is 8.57. The predicted molar refractivity (Wildman–Crippen MR) is 92.3 cm³/mol. The van der Waals surface area contributed by atoms with E-state index in [1.807, 2.05) is 0 Å². The lowest BCUT2D eigenvalue weighted by Gasteiger charge is -2.23. The second-order valence-electron chi connectivity index (χ2n) is 6.47. The van der Waals surface area contributed by atoms with E-state index in [2.05, 4.69) is 20.4 Å². The lowest BCUT2D eigenvalue weighted by Crippen LogP contribution is -2.35. The SMILES string of the molecule is Cc1n[nH]c(=O)c2c(NC(=O)CN3CCCCCCC3)oc(C)c12. The van der Waals surface area contributed by atoms with E-state index in [1.54, 1.807) is 13.8 Å². The Labute approximate surface area is 140 Å². The zero-order valence-corrected chi connectivity index (χ0v) is 14.3. The Morgan fingerprint density at radius 2 is 1.83 bits per heavy atom. The molecule has 3 rings (SSSR count). The maximum absolute atomic E-state index is 12.4. The van der Waals surface area contributed by atoms with Gasteiger partial charge in [0.25, 0.3) is 5.56 Å². The van der Waals surface area contributed by atoms with E-state index in [0.29, 0.717) is 28.8 Å². The van der Waals surface area contributed by atoms with E-state index < -0.39 is 0 Å². The van der Waals surface area contributed by atoms with Gasteiger partial charge < -0.3 is 4.42 Å². The highest BCUT2D eigenvalue weighted by atomic mass is 16.4. The van der Waals surface area contributed by atoms with Crippen LogP contribution in [-0.2, 0) is 4.79 Å². The Bertz CT molecular complexity index is 785. The van der Waals surface area contributed by atoms with Gasteiger partial charge in [-0.1, -0.05) is 19.3 Å². The summed E-state index contributed by atoms with van der Waals surface area (Å²) in [6.45, 7) is 5.77. The van der Waals surface area contributed by atoms with Crippen LogP contribution in [0.25, 0.3) is 10.8 Å². The second-order valence-corrected chi connectivity index (χ2v) is 6.47. The number of carbonyl (C=O) groups is 1. The van der Waals surface area contributed by atoms with Crippen molar-refractivity contribution >= 4 is 22.6 Å². The van der Waals surface area contributed by atoms with Crippen LogP contribution in [0.5, 0.6) is 0 Å². The average Bonchev–Trinajstić information content (AvgIpc) is 2.83. The van der Waals surface area contributed by atoms with E-state index in [1.165, 1.54) is 19.3 Å². The van der Waals surface area contributed by atoms with Crippen LogP contribution >= 0.6 is 0 Å². The van der Waals surface area contributed by atoms with Gasteiger partial charge in [0.2, 0.25) is 11.8 Å². The number of carbonyl (C=O) groups excluding carboxylic acids is 1. The van der Waals surface area contributed by atoms with Crippen LogP contribution in [0.4, 0.5) is 5.88 Å². The van der Waals surface area contributed by atoms with Crippen molar-refractivity contribution in [2.45, 2.75) is 46.0 Å². The minimum Gasteiger partial charge on any atom is -0.444 e. The zero-order chi connectivity index (χ0) is 17.1. The summed E-state index contributed by atoms with van der Waals surface area (Å²) < 4.78 is 5.62. The highest BCUT2D eigenvalue weighted by Crippen LogP contribution is 2.28. The summed E-state index contributed by atoms with van der Waals surface area (Å²) in [4.78, 5) is 26.6. The molecule has 7 heteroatoms. The van der Waals surface area contributed by atoms with Crippen LogP contribution in [0.3, 0.4) is 0 Å². The number of hydrogen-bond donors (Lipinski definition) is 2. The molecule has 0 spiro atoms. The molecule has 2 aromatic rings. The Balaban J connectivity index is 1.76. The fourth-order valence-electron chi connectivity index (χ4n) is 3.37. The lowest BCUT2D eigenvalue weighted by atomic mass is 10.1. The number of likely N-dealkylation sites (tertiary alicyclic amines) is 1. The Morgan fingerprint density at radius 3 is 2.54 bits per heavy atom. The highest BCUT2D eigenvalue weighted by Gasteiger charge is 2.20. The quantitative estimate of drug-likeness (QED) is 0.900. The monoisotopic (exact) mass is 332 g/mol. The largest absolute Gasteiger partial charge is 0.444 e. The predicted octanol–water partition coefficient (Wildman–Crippen LogP) is 2.34. The van der Waals surface area contributed by atoms with Gasteiger partial charge in [0, 0.05) is 0 Å². The van der Waals surface area contributed by atoms with Crippen molar-refractivity contribution in [2.75, 3.05) is 25.0 Å². The van der Waals surface area contributed by atoms with Crippen molar-refractivity contribution in [1.29, 1.82) is 0 Å². The van der Waals surface area contributed by atoms with Gasteiger partial charge in [-0.2, -0.15) is 5.10 Å². The molecule has 2 aromatic heterocycles. The molecule has 3 heterocycles. The number of furan rings is 1. The van der Waals surface area contributed by atoms with Gasteiger partial charge in [0.1, 0.15) is 11.1 Å². The molecule has 0 atom stereocenters. The molecule has 2 N–H and O–H groups in total. The lowest BCUT2D eigenvalue weighted by molar-refractivity contribution is -0.117. The van der Waals surface area contributed by atoms with Crippen molar-refractivity contribution in [3.05, 3.63) is 21.8 Å². The third-order valence-electron chi connectivity index (χ3n) is 4.57. The molecule has 0 aliphatic carbocycles. The van der Waals surface area contributed by atoms with Crippen LogP contribution in [0.15, 0.2) is 9.21 Å². The van der Waals surface area contributed by atoms with Crippen LogP contribution in [0, 0.1) is 13.8 Å². The van der Waals surface area contributed by atoms with Gasteiger partial charge in [0.15, 0.2) is 0 Å². The number of anilines is 1. The maximum Gasteiger partial charge on any atom is 0.277 e. The van der Waals surface area contributed by atoms with Crippen LogP contribution in [0.2, 0.25) is 0 Å². The molecule has 24 heavy (non-hydrogen) atoms. The molecule has 1 saturated heterocycles. The van der Waals surface area contributed by atoms with E-state index in [9.17, 15) is 9.59 Å². The molecule has 0 unspecified atom stereocenters. The first kappa shape index (κ1) is 16.7. The van der Waals surface area contributed by atoms with Gasteiger partial charge >= 0.3 is 0 Å². The van der Waals surface area contributed by atoms with Crippen LogP contribution < -0.4 is 10.9 Å². The first-order valence-corrected chi connectivity index (χ1v) is 8.57. The Morgan fingerprint density at radius 1 is 1.17 bits per heavy atom. The molecule has 0 saturated carbocycles. The summed E-state index contributed by atoms with van der Waals surface area (Å²) >= 11 is 0. The van der Waals surface area contributed by atoms with E-state index in [4.69, 9.17) is 4.42 Å². The summed E-state index contributed by atoms with van der Waals surface area (Å²) in [7, 11) is 0. The number of aromatic nitrogens is 2. The fraction of sp³-hybridized carbons (Fsp3) is 0.588. The van der Waals surface area contributed by atoms with Crippen molar-refractivity contribution in [1.82, 2.24) is 15.1 Å². The normalized spacial score (nSPS) is 16.8. The number of hydrogen-bond acceptors (Lipinski definition) is 5. The van der Waals surface area contributed by atoms with E-state index in [0.717, 1.165) is 25.9 Å². The van der Waals surface area contributed by atoms with Gasteiger partial charge in [-0.15, -0.1) is 0 Å². The number of rotatable bonds is 3. The highest BCUT2D eigenvalue weighted by molar-refractivity contribution is 6.01. The minimum atomic E-state index is -0.353. The second kappa shape index (κ2) is 7.17. The third-order valence-corrected chi connectivity index (χ3v) is 4.57. The molecule has 1 fully saturated rings. The zero-order valence-electron chi connectivity index (χ0n) is 14.3. The number of aryl methyl sites for hydroxylation is 2. The molecule has 0 aromatic carbocycles. The van der Waals surface area contributed by atoms with Crippen molar-refractivity contribution in [3.8, 4) is 0 Å². The van der Waals surface area contributed by atoms with Gasteiger partial charge in [-0.3, -0.25) is 19.8 Å². The molecule has 1 aliphatic rings. The summed E-state index contributed by atoms with van der Waals surface area (Å²) in [5, 5.41) is 10.2. The third kappa shape index (κ3) is 3.51. The van der Waals surface area contributed by atoms with Gasteiger partial charge in [-0.05, 0) is 39.8 Å². The van der Waals surface area contributed by atoms with Crippen molar-refractivity contribution in [3.63, 3.8) is 0 Å². The van der Waals surface area contributed by atoms with Crippen LogP contribution in [-0.4, -0.2) is 40.6 Å². The van der Waals surface area contributed by atoms with E-state index in [-0.39, 0.29) is 17.4 Å². The maximum atomic E-state index is 12.4. The number of aromatic amines is 1. The molecular formula is C17H24N4O3. The Kier molecular flexibility index (Phi) is 4.99. The number of nitrogens with one attached hydrogen (secondary N) is 2. The number of amides is 1. The minimum absolute atomic E-state index is 0.153. The summed E-state index contributed by atoms with van der Waals surface area (Å²) in [6.07, 6.45) is 5.98.